The molecular formula is C14H13N3OS2. The van der Waals surface area contributed by atoms with Crippen molar-refractivity contribution in [3.8, 4) is 10.6 Å². The molecule has 3 rings (SSSR count). The summed E-state index contributed by atoms with van der Waals surface area (Å²) in [6, 6.07) is 5.88. The van der Waals surface area contributed by atoms with Crippen molar-refractivity contribution in [2.24, 2.45) is 0 Å². The van der Waals surface area contributed by atoms with Gasteiger partial charge in [0.05, 0.1) is 22.7 Å². The molecule has 0 spiro atoms. The Morgan fingerprint density at radius 1 is 1.45 bits per heavy atom. The van der Waals surface area contributed by atoms with Crippen LogP contribution in [0.5, 0.6) is 0 Å². The zero-order valence-electron chi connectivity index (χ0n) is 10.8. The van der Waals surface area contributed by atoms with Crippen molar-refractivity contribution in [2.45, 2.75) is 13.3 Å². The molecule has 0 aliphatic rings. The largest absolute Gasteiger partial charge is 0.325 e. The monoisotopic (exact) mass is 303 g/mol. The minimum atomic E-state index is 0.0143. The number of hydrogen-bond donors (Lipinski definition) is 2. The van der Waals surface area contributed by atoms with Gasteiger partial charge in [0, 0.05) is 11.1 Å². The van der Waals surface area contributed by atoms with Gasteiger partial charge >= 0.3 is 0 Å². The van der Waals surface area contributed by atoms with Crippen LogP contribution in [0.25, 0.3) is 10.6 Å². The fraction of sp³-hybridized carbons (Fsp3) is 0.143. The van der Waals surface area contributed by atoms with E-state index in [9.17, 15) is 4.79 Å². The molecule has 0 unspecified atom stereocenters. The highest BCUT2D eigenvalue weighted by atomic mass is 32.1. The van der Waals surface area contributed by atoms with E-state index in [0.29, 0.717) is 6.42 Å². The Morgan fingerprint density at radius 3 is 3.05 bits per heavy atom. The molecule has 2 N–H and O–H groups in total. The first kappa shape index (κ1) is 13.1. The topological polar surface area (TPSA) is 57.8 Å². The van der Waals surface area contributed by atoms with E-state index in [1.54, 1.807) is 28.9 Å². The number of amides is 1. The molecule has 0 aliphatic carbocycles. The Balaban J connectivity index is 1.73. The Hall–Kier alpha value is -1.92. The van der Waals surface area contributed by atoms with Crippen LogP contribution in [0.4, 0.5) is 5.69 Å². The SMILES string of the molecule is Cc1sc(-c2ccn[nH]2)cc1NC(=O)Cc1ccsc1. The molecule has 0 radical (unpaired) electrons. The summed E-state index contributed by atoms with van der Waals surface area (Å²) in [5.41, 5.74) is 2.89. The zero-order valence-corrected chi connectivity index (χ0v) is 12.5. The van der Waals surface area contributed by atoms with Crippen LogP contribution in [-0.4, -0.2) is 16.1 Å². The second-order valence-electron chi connectivity index (χ2n) is 4.41. The summed E-state index contributed by atoms with van der Waals surface area (Å²) in [5, 5.41) is 13.8. The highest BCUT2D eigenvalue weighted by Crippen LogP contribution is 2.33. The number of nitrogens with one attached hydrogen (secondary N) is 2. The van der Waals surface area contributed by atoms with Gasteiger partial charge in [0.2, 0.25) is 5.91 Å². The standard InChI is InChI=1S/C14H13N3OS2/c1-9-12(7-13(20-9)11-2-4-15-17-11)16-14(18)6-10-3-5-19-8-10/h2-5,7-8H,6H2,1H3,(H,15,17)(H,16,18). The molecule has 3 aromatic rings. The molecule has 3 heterocycles. The van der Waals surface area contributed by atoms with Gasteiger partial charge in [-0.1, -0.05) is 0 Å². The normalized spacial score (nSPS) is 10.7. The molecule has 0 atom stereocenters. The highest BCUT2D eigenvalue weighted by molar-refractivity contribution is 7.16. The number of aromatic nitrogens is 2. The number of rotatable bonds is 4. The maximum atomic E-state index is 12.0. The summed E-state index contributed by atoms with van der Waals surface area (Å²) in [4.78, 5) is 14.2. The molecule has 0 saturated carbocycles. The van der Waals surface area contributed by atoms with E-state index in [2.05, 4.69) is 15.5 Å². The number of anilines is 1. The van der Waals surface area contributed by atoms with Gasteiger partial charge in [0.15, 0.2) is 0 Å². The van der Waals surface area contributed by atoms with E-state index in [1.165, 1.54) is 0 Å². The van der Waals surface area contributed by atoms with Gasteiger partial charge in [0.1, 0.15) is 0 Å². The molecule has 0 saturated heterocycles. The Morgan fingerprint density at radius 2 is 2.35 bits per heavy atom. The Labute approximate surface area is 124 Å². The maximum Gasteiger partial charge on any atom is 0.228 e. The zero-order chi connectivity index (χ0) is 13.9. The number of carbonyl (C=O) groups excluding carboxylic acids is 1. The summed E-state index contributed by atoms with van der Waals surface area (Å²) in [5.74, 6) is 0.0143. The minimum Gasteiger partial charge on any atom is -0.325 e. The van der Waals surface area contributed by atoms with E-state index in [1.807, 2.05) is 35.9 Å². The maximum absolute atomic E-state index is 12.0. The number of hydrogen-bond acceptors (Lipinski definition) is 4. The lowest BCUT2D eigenvalue weighted by Gasteiger charge is -2.02. The van der Waals surface area contributed by atoms with Crippen molar-refractivity contribution >= 4 is 34.3 Å². The third-order valence-electron chi connectivity index (χ3n) is 2.90. The smallest absolute Gasteiger partial charge is 0.228 e. The van der Waals surface area contributed by atoms with Gasteiger partial charge in [-0.25, -0.2) is 0 Å². The number of carbonyl (C=O) groups is 1. The third kappa shape index (κ3) is 2.81. The number of aryl methyl sites for hydroxylation is 1. The lowest BCUT2D eigenvalue weighted by Crippen LogP contribution is -2.13. The molecule has 102 valence electrons. The van der Waals surface area contributed by atoms with Crippen molar-refractivity contribution in [1.82, 2.24) is 10.2 Å². The van der Waals surface area contributed by atoms with Crippen molar-refractivity contribution in [2.75, 3.05) is 5.32 Å². The molecular weight excluding hydrogens is 290 g/mol. The second-order valence-corrected chi connectivity index (χ2v) is 6.44. The molecule has 0 fully saturated rings. The van der Waals surface area contributed by atoms with Crippen LogP contribution in [0.3, 0.4) is 0 Å². The van der Waals surface area contributed by atoms with E-state index in [4.69, 9.17) is 0 Å². The van der Waals surface area contributed by atoms with Crippen molar-refractivity contribution in [3.05, 3.63) is 45.6 Å². The van der Waals surface area contributed by atoms with E-state index >= 15 is 0 Å². The van der Waals surface area contributed by atoms with Crippen LogP contribution in [0.2, 0.25) is 0 Å². The van der Waals surface area contributed by atoms with Crippen LogP contribution < -0.4 is 5.32 Å². The quantitative estimate of drug-likeness (QED) is 0.772. The second kappa shape index (κ2) is 5.60. The summed E-state index contributed by atoms with van der Waals surface area (Å²) in [7, 11) is 0. The van der Waals surface area contributed by atoms with Gasteiger partial charge in [0.25, 0.3) is 0 Å². The van der Waals surface area contributed by atoms with Gasteiger partial charge < -0.3 is 5.32 Å². The molecule has 20 heavy (non-hydrogen) atoms. The van der Waals surface area contributed by atoms with Gasteiger partial charge in [-0.15, -0.1) is 11.3 Å². The van der Waals surface area contributed by atoms with E-state index in [0.717, 1.165) is 26.7 Å². The number of aromatic amines is 1. The van der Waals surface area contributed by atoms with Crippen LogP contribution in [0.1, 0.15) is 10.4 Å². The van der Waals surface area contributed by atoms with Crippen molar-refractivity contribution < 1.29 is 4.79 Å². The van der Waals surface area contributed by atoms with Crippen LogP contribution in [0, 0.1) is 6.92 Å². The third-order valence-corrected chi connectivity index (χ3v) is 4.72. The molecule has 0 aromatic carbocycles. The van der Waals surface area contributed by atoms with Gasteiger partial charge in [-0.3, -0.25) is 9.89 Å². The summed E-state index contributed by atoms with van der Waals surface area (Å²) in [6.45, 7) is 2.00. The van der Waals surface area contributed by atoms with Crippen molar-refractivity contribution in [1.29, 1.82) is 0 Å². The lowest BCUT2D eigenvalue weighted by molar-refractivity contribution is -0.115. The molecule has 0 bridgehead atoms. The van der Waals surface area contributed by atoms with Crippen molar-refractivity contribution in [3.63, 3.8) is 0 Å². The fourth-order valence-electron chi connectivity index (χ4n) is 1.91. The Kier molecular flexibility index (Phi) is 3.66. The first-order valence-electron chi connectivity index (χ1n) is 6.13. The Bertz CT molecular complexity index is 699. The number of nitrogens with zero attached hydrogens (tertiary/aromatic N) is 1. The number of H-pyrrole nitrogens is 1. The van der Waals surface area contributed by atoms with Crippen LogP contribution in [-0.2, 0) is 11.2 Å². The predicted octanol–water partition coefficient (Wildman–Crippen LogP) is 3.69. The van der Waals surface area contributed by atoms with Gasteiger partial charge in [-0.2, -0.15) is 16.4 Å². The molecule has 3 aromatic heterocycles. The molecule has 1 amide bonds. The average molecular weight is 303 g/mol. The van der Waals surface area contributed by atoms with E-state index < -0.39 is 0 Å². The number of thiophene rings is 2. The first-order chi connectivity index (χ1) is 9.72. The lowest BCUT2D eigenvalue weighted by atomic mass is 10.2. The highest BCUT2D eigenvalue weighted by Gasteiger charge is 2.11. The minimum absolute atomic E-state index is 0.0143. The average Bonchev–Trinajstić information content (AvgIpc) is 3.12. The van der Waals surface area contributed by atoms with Crippen LogP contribution >= 0.6 is 22.7 Å². The van der Waals surface area contributed by atoms with E-state index in [-0.39, 0.29) is 5.91 Å². The predicted molar refractivity (Wildman–Crippen MR) is 83.3 cm³/mol. The molecule has 4 nitrogen and oxygen atoms in total. The summed E-state index contributed by atoms with van der Waals surface area (Å²) in [6.07, 6.45) is 2.14. The molecule has 0 aliphatic heterocycles. The summed E-state index contributed by atoms with van der Waals surface area (Å²) < 4.78 is 0. The first-order valence-corrected chi connectivity index (χ1v) is 7.89. The van der Waals surface area contributed by atoms with Crippen LogP contribution in [0.15, 0.2) is 35.2 Å². The summed E-state index contributed by atoms with van der Waals surface area (Å²) >= 11 is 3.24. The molecule has 6 heteroatoms. The van der Waals surface area contributed by atoms with Gasteiger partial charge in [-0.05, 0) is 41.4 Å². The fourth-order valence-corrected chi connectivity index (χ4v) is 3.52.